The molecule has 2 rings (SSSR count). The molecule has 5 nitrogen and oxygen atoms in total. The molecule has 18 heavy (non-hydrogen) atoms. The Morgan fingerprint density at radius 2 is 2.17 bits per heavy atom. The fourth-order valence-electron chi connectivity index (χ4n) is 1.52. The first-order valence-electron chi connectivity index (χ1n) is 5.07. The van der Waals surface area contributed by atoms with Crippen molar-refractivity contribution in [1.29, 1.82) is 0 Å². The molecule has 1 aromatic heterocycles. The van der Waals surface area contributed by atoms with Gasteiger partial charge in [-0.1, -0.05) is 0 Å². The number of rotatable bonds is 2. The van der Waals surface area contributed by atoms with Gasteiger partial charge in [-0.25, -0.2) is 0 Å². The lowest BCUT2D eigenvalue weighted by molar-refractivity contribution is -0.134. The summed E-state index contributed by atoms with van der Waals surface area (Å²) in [5, 5.41) is 4.81. The molecule has 1 saturated heterocycles. The van der Waals surface area contributed by atoms with Crippen LogP contribution in [0.4, 0.5) is 0 Å². The third-order valence-electron chi connectivity index (χ3n) is 2.41. The van der Waals surface area contributed by atoms with E-state index < -0.39 is 11.9 Å². The molecule has 1 aliphatic heterocycles. The Balaban J connectivity index is 2.03. The van der Waals surface area contributed by atoms with Gasteiger partial charge in [0.2, 0.25) is 11.8 Å². The summed E-state index contributed by atoms with van der Waals surface area (Å²) in [4.78, 5) is 34.8. The maximum absolute atomic E-state index is 11.9. The van der Waals surface area contributed by atoms with Crippen LogP contribution in [0.5, 0.6) is 0 Å². The van der Waals surface area contributed by atoms with E-state index in [1.54, 1.807) is 6.07 Å². The van der Waals surface area contributed by atoms with Gasteiger partial charge in [0.15, 0.2) is 0 Å². The molecular weight excluding hydrogens is 388 g/mol. The zero-order chi connectivity index (χ0) is 13.3. The first-order valence-corrected chi connectivity index (χ1v) is 7.47. The average Bonchev–Trinajstić information content (AvgIpc) is 2.63. The van der Waals surface area contributed by atoms with Gasteiger partial charge in [0.25, 0.3) is 5.91 Å². The maximum Gasteiger partial charge on any atom is 0.262 e. The van der Waals surface area contributed by atoms with Crippen LogP contribution in [0.25, 0.3) is 0 Å². The highest BCUT2D eigenvalue weighted by molar-refractivity contribution is 9.13. The van der Waals surface area contributed by atoms with Gasteiger partial charge in [0.05, 0.1) is 8.66 Å². The van der Waals surface area contributed by atoms with Gasteiger partial charge in [0.1, 0.15) is 6.04 Å². The molecule has 96 valence electrons. The second-order valence-corrected chi connectivity index (χ2v) is 6.93. The van der Waals surface area contributed by atoms with E-state index in [4.69, 9.17) is 0 Å². The molecule has 0 spiro atoms. The van der Waals surface area contributed by atoms with Gasteiger partial charge < -0.3 is 5.32 Å². The summed E-state index contributed by atoms with van der Waals surface area (Å²) in [6, 6.07) is 1.03. The monoisotopic (exact) mass is 394 g/mol. The van der Waals surface area contributed by atoms with E-state index in [1.807, 2.05) is 0 Å². The van der Waals surface area contributed by atoms with Crippen molar-refractivity contribution in [2.45, 2.75) is 18.9 Å². The summed E-state index contributed by atoms with van der Waals surface area (Å²) in [5.41, 5.74) is 0. The Morgan fingerprint density at radius 1 is 1.44 bits per heavy atom. The van der Waals surface area contributed by atoms with Crippen molar-refractivity contribution in [3.05, 3.63) is 19.2 Å². The van der Waals surface area contributed by atoms with E-state index in [0.717, 1.165) is 8.26 Å². The van der Waals surface area contributed by atoms with Crippen LogP contribution in [0.1, 0.15) is 22.5 Å². The van der Waals surface area contributed by atoms with Crippen LogP contribution in [0.15, 0.2) is 14.3 Å². The molecule has 1 fully saturated rings. The number of halogens is 2. The topological polar surface area (TPSA) is 75.3 Å². The van der Waals surface area contributed by atoms with Crippen LogP contribution < -0.4 is 10.6 Å². The third kappa shape index (κ3) is 2.99. The SMILES string of the molecule is O=C1CCC(NC(=O)c2cc(Br)c(Br)s2)C(=O)N1. The van der Waals surface area contributed by atoms with Gasteiger partial charge in [-0.2, -0.15) is 0 Å². The summed E-state index contributed by atoms with van der Waals surface area (Å²) in [5.74, 6) is -1.07. The maximum atomic E-state index is 11.9. The Hall–Kier alpha value is -0.730. The smallest absolute Gasteiger partial charge is 0.262 e. The van der Waals surface area contributed by atoms with E-state index >= 15 is 0 Å². The van der Waals surface area contributed by atoms with Gasteiger partial charge in [-0.15, -0.1) is 11.3 Å². The van der Waals surface area contributed by atoms with E-state index in [1.165, 1.54) is 11.3 Å². The van der Waals surface area contributed by atoms with Crippen molar-refractivity contribution in [2.24, 2.45) is 0 Å². The fraction of sp³-hybridized carbons (Fsp3) is 0.300. The van der Waals surface area contributed by atoms with Crippen molar-refractivity contribution in [2.75, 3.05) is 0 Å². The Kier molecular flexibility index (Phi) is 4.18. The minimum atomic E-state index is -0.644. The van der Waals surface area contributed by atoms with Crippen molar-refractivity contribution >= 4 is 60.9 Å². The number of piperidine rings is 1. The average molecular weight is 396 g/mol. The largest absolute Gasteiger partial charge is 0.340 e. The summed E-state index contributed by atoms with van der Waals surface area (Å²) in [6.45, 7) is 0. The van der Waals surface area contributed by atoms with E-state index in [2.05, 4.69) is 42.5 Å². The molecule has 1 unspecified atom stereocenters. The Labute approximate surface area is 124 Å². The number of amides is 3. The number of carbonyl (C=O) groups excluding carboxylic acids is 3. The summed E-state index contributed by atoms with van der Waals surface area (Å²) < 4.78 is 1.61. The fourth-order valence-corrected chi connectivity index (χ4v) is 3.46. The molecule has 0 saturated carbocycles. The molecule has 1 aliphatic rings. The lowest BCUT2D eigenvalue weighted by Crippen LogP contribution is -2.52. The predicted octanol–water partition coefficient (Wildman–Crippen LogP) is 1.81. The van der Waals surface area contributed by atoms with Crippen molar-refractivity contribution in [1.82, 2.24) is 10.6 Å². The molecule has 0 aromatic carbocycles. The van der Waals surface area contributed by atoms with Gasteiger partial charge in [0, 0.05) is 10.9 Å². The second kappa shape index (κ2) is 5.50. The molecule has 2 heterocycles. The molecule has 0 aliphatic carbocycles. The number of thiophene rings is 1. The normalized spacial score (nSPS) is 19.6. The first-order chi connectivity index (χ1) is 8.47. The highest BCUT2D eigenvalue weighted by Gasteiger charge is 2.28. The van der Waals surface area contributed by atoms with Crippen LogP contribution in [-0.2, 0) is 9.59 Å². The standard InChI is InChI=1S/C10H8Br2N2O3S/c11-4-3-6(18-8(4)12)10(17)13-5-1-2-7(15)14-9(5)16/h3,5H,1-2H2,(H,13,17)(H,14,15,16). The lowest BCUT2D eigenvalue weighted by Gasteiger charge is -2.21. The summed E-state index contributed by atoms with van der Waals surface area (Å²) in [7, 11) is 0. The van der Waals surface area contributed by atoms with Crippen LogP contribution in [0.3, 0.4) is 0 Å². The minimum Gasteiger partial charge on any atom is -0.340 e. The predicted molar refractivity (Wildman–Crippen MR) is 73.4 cm³/mol. The van der Waals surface area contributed by atoms with Crippen LogP contribution in [0, 0.1) is 0 Å². The highest BCUT2D eigenvalue weighted by Crippen LogP contribution is 2.32. The molecule has 0 bridgehead atoms. The molecule has 8 heteroatoms. The molecule has 1 aromatic rings. The summed E-state index contributed by atoms with van der Waals surface area (Å²) in [6.07, 6.45) is 0.582. The van der Waals surface area contributed by atoms with E-state index in [9.17, 15) is 14.4 Å². The number of nitrogens with one attached hydrogen (secondary N) is 2. The number of imide groups is 1. The molecule has 1 atom stereocenters. The minimum absolute atomic E-state index is 0.245. The van der Waals surface area contributed by atoms with Crippen LogP contribution in [-0.4, -0.2) is 23.8 Å². The van der Waals surface area contributed by atoms with Crippen molar-refractivity contribution < 1.29 is 14.4 Å². The zero-order valence-electron chi connectivity index (χ0n) is 8.96. The Bertz CT molecular complexity index is 510. The van der Waals surface area contributed by atoms with E-state index in [0.29, 0.717) is 11.3 Å². The number of hydrogen-bond acceptors (Lipinski definition) is 4. The van der Waals surface area contributed by atoms with Crippen molar-refractivity contribution in [3.63, 3.8) is 0 Å². The zero-order valence-corrected chi connectivity index (χ0v) is 12.9. The second-order valence-electron chi connectivity index (χ2n) is 3.71. The molecule has 2 N–H and O–H groups in total. The van der Waals surface area contributed by atoms with Gasteiger partial charge in [-0.3, -0.25) is 19.7 Å². The highest BCUT2D eigenvalue weighted by atomic mass is 79.9. The quantitative estimate of drug-likeness (QED) is 0.750. The third-order valence-corrected chi connectivity index (χ3v) is 5.67. The summed E-state index contributed by atoms with van der Waals surface area (Å²) >= 11 is 7.86. The number of carbonyl (C=O) groups is 3. The molecular formula is C10H8Br2N2O3S. The number of hydrogen-bond donors (Lipinski definition) is 2. The van der Waals surface area contributed by atoms with Gasteiger partial charge in [-0.05, 0) is 44.3 Å². The lowest BCUT2D eigenvalue weighted by atomic mass is 10.1. The van der Waals surface area contributed by atoms with Crippen LogP contribution >= 0.6 is 43.2 Å². The molecule has 0 radical (unpaired) electrons. The Morgan fingerprint density at radius 3 is 2.72 bits per heavy atom. The first kappa shape index (κ1) is 13.7. The van der Waals surface area contributed by atoms with Gasteiger partial charge >= 0.3 is 0 Å². The van der Waals surface area contributed by atoms with E-state index in [-0.39, 0.29) is 18.2 Å². The molecule has 3 amide bonds. The van der Waals surface area contributed by atoms with Crippen LogP contribution in [0.2, 0.25) is 0 Å². The van der Waals surface area contributed by atoms with Crippen molar-refractivity contribution in [3.8, 4) is 0 Å².